The number of nitrogens with zero attached hydrogens (tertiary/aromatic N) is 1. The highest BCUT2D eigenvalue weighted by atomic mass is 16.4. The lowest BCUT2D eigenvalue weighted by Crippen LogP contribution is -2.44. The number of amides is 2. The molecule has 0 fully saturated rings. The largest absolute Gasteiger partial charge is 0.480 e. The molecule has 1 atom stereocenters. The molecule has 2 N–H and O–H groups in total. The number of aryl methyl sites for hydroxylation is 1. The Hall–Kier alpha value is -2.04. The third-order valence-corrected chi connectivity index (χ3v) is 3.30. The van der Waals surface area contributed by atoms with Crippen LogP contribution in [0.3, 0.4) is 0 Å². The van der Waals surface area contributed by atoms with E-state index in [-0.39, 0.29) is 18.6 Å². The molecule has 0 aromatic heterocycles. The van der Waals surface area contributed by atoms with Gasteiger partial charge in [-0.3, -0.25) is 4.79 Å². The van der Waals surface area contributed by atoms with Crippen molar-refractivity contribution in [2.75, 3.05) is 11.9 Å². The second kappa shape index (κ2) is 7.53. The molecule has 2 amide bonds. The van der Waals surface area contributed by atoms with Crippen molar-refractivity contribution in [2.24, 2.45) is 0 Å². The van der Waals surface area contributed by atoms with Crippen LogP contribution >= 0.6 is 0 Å². The van der Waals surface area contributed by atoms with Crippen LogP contribution in [-0.2, 0) is 11.2 Å². The highest BCUT2D eigenvalue weighted by Gasteiger charge is 2.21. The zero-order valence-corrected chi connectivity index (χ0v) is 12.2. The molecule has 0 heterocycles. The van der Waals surface area contributed by atoms with E-state index in [1.54, 1.807) is 0 Å². The van der Waals surface area contributed by atoms with E-state index in [0.29, 0.717) is 12.1 Å². The van der Waals surface area contributed by atoms with E-state index in [0.717, 1.165) is 6.42 Å². The Morgan fingerprint density at radius 1 is 1.25 bits per heavy atom. The lowest BCUT2D eigenvalue weighted by molar-refractivity contribution is -0.138. The summed E-state index contributed by atoms with van der Waals surface area (Å²) in [5.41, 5.74) is 1.86. The quantitative estimate of drug-likeness (QED) is 0.840. The van der Waals surface area contributed by atoms with Crippen LogP contribution in [0.25, 0.3) is 0 Å². The lowest BCUT2D eigenvalue weighted by atomic mass is 10.1. The van der Waals surface area contributed by atoms with Crippen LogP contribution in [0.5, 0.6) is 0 Å². The molecular weight excluding hydrogens is 256 g/mol. The zero-order valence-electron chi connectivity index (χ0n) is 12.2. The maximum absolute atomic E-state index is 12.2. The molecule has 1 aromatic rings. The van der Waals surface area contributed by atoms with Gasteiger partial charge in [-0.15, -0.1) is 0 Å². The van der Waals surface area contributed by atoms with Crippen molar-refractivity contribution in [2.45, 2.75) is 39.7 Å². The van der Waals surface area contributed by atoms with E-state index in [1.807, 2.05) is 38.1 Å². The van der Waals surface area contributed by atoms with E-state index in [4.69, 9.17) is 5.11 Å². The number of anilines is 1. The molecule has 0 saturated heterocycles. The summed E-state index contributed by atoms with van der Waals surface area (Å²) in [6.45, 7) is 5.52. The molecule has 0 bridgehead atoms. The van der Waals surface area contributed by atoms with E-state index in [2.05, 4.69) is 12.2 Å². The van der Waals surface area contributed by atoms with Crippen molar-refractivity contribution in [3.63, 3.8) is 0 Å². The Balaban J connectivity index is 2.76. The topological polar surface area (TPSA) is 69.6 Å². The number of rotatable bonds is 6. The SMILES string of the molecule is CCc1ccc(NC(=O)N(CC(=O)O)C(C)CC)cc1. The normalized spacial score (nSPS) is 11.8. The van der Waals surface area contributed by atoms with Gasteiger partial charge in [0.05, 0.1) is 0 Å². The van der Waals surface area contributed by atoms with Crippen LogP contribution in [0.4, 0.5) is 10.5 Å². The number of hydrogen-bond acceptors (Lipinski definition) is 2. The van der Waals surface area contributed by atoms with Crippen molar-refractivity contribution >= 4 is 17.7 Å². The lowest BCUT2D eigenvalue weighted by Gasteiger charge is -2.27. The Morgan fingerprint density at radius 3 is 2.30 bits per heavy atom. The fourth-order valence-electron chi connectivity index (χ4n) is 1.81. The number of nitrogens with one attached hydrogen (secondary N) is 1. The van der Waals surface area contributed by atoms with E-state index >= 15 is 0 Å². The summed E-state index contributed by atoms with van der Waals surface area (Å²) in [7, 11) is 0. The minimum absolute atomic E-state index is 0.124. The summed E-state index contributed by atoms with van der Waals surface area (Å²) in [5, 5.41) is 11.6. The molecule has 5 nitrogen and oxygen atoms in total. The van der Waals surface area contributed by atoms with Gasteiger partial charge in [0.25, 0.3) is 0 Å². The average Bonchev–Trinajstić information content (AvgIpc) is 2.44. The molecule has 0 aliphatic heterocycles. The molecule has 0 aliphatic carbocycles. The summed E-state index contributed by atoms with van der Waals surface area (Å²) < 4.78 is 0. The molecule has 1 aromatic carbocycles. The molecule has 0 radical (unpaired) electrons. The minimum Gasteiger partial charge on any atom is -0.480 e. The van der Waals surface area contributed by atoms with Gasteiger partial charge in [0, 0.05) is 11.7 Å². The van der Waals surface area contributed by atoms with Crippen LogP contribution in [0.1, 0.15) is 32.8 Å². The molecule has 0 spiro atoms. The number of benzene rings is 1. The minimum atomic E-state index is -1.01. The molecule has 5 heteroatoms. The summed E-state index contributed by atoms with van der Waals surface area (Å²) in [5.74, 6) is -1.01. The maximum Gasteiger partial charge on any atom is 0.323 e. The Labute approximate surface area is 119 Å². The average molecular weight is 278 g/mol. The molecule has 0 aliphatic rings. The van der Waals surface area contributed by atoms with Gasteiger partial charge < -0.3 is 15.3 Å². The van der Waals surface area contributed by atoms with Crippen molar-refractivity contribution in [3.05, 3.63) is 29.8 Å². The van der Waals surface area contributed by atoms with Gasteiger partial charge in [-0.1, -0.05) is 26.0 Å². The van der Waals surface area contributed by atoms with Gasteiger partial charge in [0.1, 0.15) is 6.54 Å². The van der Waals surface area contributed by atoms with E-state index < -0.39 is 5.97 Å². The third-order valence-electron chi connectivity index (χ3n) is 3.30. The molecule has 1 rings (SSSR count). The van der Waals surface area contributed by atoms with Crippen molar-refractivity contribution in [1.29, 1.82) is 0 Å². The Bertz CT molecular complexity index is 457. The van der Waals surface area contributed by atoms with Gasteiger partial charge in [0.15, 0.2) is 0 Å². The van der Waals surface area contributed by atoms with Crippen LogP contribution < -0.4 is 5.32 Å². The maximum atomic E-state index is 12.2. The first-order valence-electron chi connectivity index (χ1n) is 6.86. The smallest absolute Gasteiger partial charge is 0.323 e. The second-order valence-electron chi connectivity index (χ2n) is 4.76. The molecule has 20 heavy (non-hydrogen) atoms. The van der Waals surface area contributed by atoms with Gasteiger partial charge >= 0.3 is 12.0 Å². The van der Waals surface area contributed by atoms with Crippen LogP contribution in [0.15, 0.2) is 24.3 Å². The van der Waals surface area contributed by atoms with E-state index in [9.17, 15) is 9.59 Å². The predicted molar refractivity (Wildman–Crippen MR) is 78.9 cm³/mol. The highest BCUT2D eigenvalue weighted by molar-refractivity contribution is 5.91. The van der Waals surface area contributed by atoms with Crippen LogP contribution in [0.2, 0.25) is 0 Å². The first-order chi connectivity index (χ1) is 9.47. The first-order valence-corrected chi connectivity index (χ1v) is 6.86. The van der Waals surface area contributed by atoms with Gasteiger partial charge in [0.2, 0.25) is 0 Å². The third kappa shape index (κ3) is 4.57. The predicted octanol–water partition coefficient (Wildman–Crippen LogP) is 2.97. The standard InChI is InChI=1S/C15H22N2O3/c1-4-11(3)17(10-14(18)19)15(20)16-13-8-6-12(5-2)7-9-13/h6-9,11H,4-5,10H2,1-3H3,(H,16,20)(H,18,19). The van der Waals surface area contributed by atoms with Crippen molar-refractivity contribution < 1.29 is 14.7 Å². The Morgan fingerprint density at radius 2 is 1.85 bits per heavy atom. The van der Waals surface area contributed by atoms with E-state index in [1.165, 1.54) is 10.5 Å². The fourth-order valence-corrected chi connectivity index (χ4v) is 1.81. The van der Waals surface area contributed by atoms with Crippen LogP contribution in [-0.4, -0.2) is 34.6 Å². The fraction of sp³-hybridized carbons (Fsp3) is 0.467. The number of urea groups is 1. The van der Waals surface area contributed by atoms with Crippen molar-refractivity contribution in [1.82, 2.24) is 4.90 Å². The van der Waals surface area contributed by atoms with Gasteiger partial charge in [-0.05, 0) is 37.5 Å². The highest BCUT2D eigenvalue weighted by Crippen LogP contribution is 2.12. The molecule has 1 unspecified atom stereocenters. The summed E-state index contributed by atoms with van der Waals surface area (Å²) in [6.07, 6.45) is 1.64. The monoisotopic (exact) mass is 278 g/mol. The van der Waals surface area contributed by atoms with Crippen LogP contribution in [0, 0.1) is 0 Å². The summed E-state index contributed by atoms with van der Waals surface area (Å²) in [4.78, 5) is 24.3. The van der Waals surface area contributed by atoms with Crippen molar-refractivity contribution in [3.8, 4) is 0 Å². The number of carboxylic acid groups (broad SMARTS) is 1. The number of aliphatic carboxylic acids is 1. The summed E-state index contributed by atoms with van der Waals surface area (Å²) in [6, 6.07) is 7.03. The molecule has 110 valence electrons. The zero-order chi connectivity index (χ0) is 15.1. The van der Waals surface area contributed by atoms with Gasteiger partial charge in [-0.25, -0.2) is 4.79 Å². The number of carbonyl (C=O) groups excluding carboxylic acids is 1. The first kappa shape index (κ1) is 16.0. The Kier molecular flexibility index (Phi) is 6.03. The second-order valence-corrected chi connectivity index (χ2v) is 4.76. The summed E-state index contributed by atoms with van der Waals surface area (Å²) >= 11 is 0. The number of hydrogen-bond donors (Lipinski definition) is 2. The number of carboxylic acids is 1. The number of carbonyl (C=O) groups is 2. The molecular formula is C15H22N2O3. The molecule has 0 saturated carbocycles. The van der Waals surface area contributed by atoms with Gasteiger partial charge in [-0.2, -0.15) is 0 Å².